The molecule has 0 bridgehead atoms. The van der Waals surface area contributed by atoms with Gasteiger partial charge in [0, 0.05) is 6.92 Å². The lowest BCUT2D eigenvalue weighted by atomic mass is 10.0. The molecule has 0 heterocycles. The quantitative estimate of drug-likeness (QED) is 0.356. The summed E-state index contributed by atoms with van der Waals surface area (Å²) in [6.07, 6.45) is 0. The molecular formula is C14H17NO5. The van der Waals surface area contributed by atoms with Gasteiger partial charge >= 0.3 is 11.9 Å². The van der Waals surface area contributed by atoms with Crippen molar-refractivity contribution < 1.29 is 23.9 Å². The van der Waals surface area contributed by atoms with Crippen molar-refractivity contribution in [3.63, 3.8) is 0 Å². The molecule has 0 saturated heterocycles. The average molecular weight is 279 g/mol. The lowest BCUT2D eigenvalue weighted by Gasteiger charge is -2.12. The number of esters is 2. The standard InChI is InChI=1S/C14H17NO5/c1-5-19-14(17)13(15-18-4)12-9(2)7-6-8-11(12)20-10(3)16/h6-8H,5H2,1-4H3/b15-13+. The van der Waals surface area contributed by atoms with Crippen LogP contribution in [0.25, 0.3) is 0 Å². The van der Waals surface area contributed by atoms with Gasteiger partial charge in [0.15, 0.2) is 5.71 Å². The fourth-order valence-corrected chi connectivity index (χ4v) is 1.66. The van der Waals surface area contributed by atoms with Gasteiger partial charge in [0.1, 0.15) is 12.9 Å². The van der Waals surface area contributed by atoms with E-state index in [1.807, 2.05) is 0 Å². The molecular weight excluding hydrogens is 262 g/mol. The monoisotopic (exact) mass is 279 g/mol. The second-order valence-electron chi connectivity index (χ2n) is 3.88. The van der Waals surface area contributed by atoms with Crippen molar-refractivity contribution >= 4 is 17.7 Å². The van der Waals surface area contributed by atoms with Crippen LogP contribution in [-0.2, 0) is 19.2 Å². The number of hydrogen-bond acceptors (Lipinski definition) is 6. The van der Waals surface area contributed by atoms with E-state index >= 15 is 0 Å². The van der Waals surface area contributed by atoms with Gasteiger partial charge in [-0.3, -0.25) is 4.79 Å². The Morgan fingerprint density at radius 2 is 2.00 bits per heavy atom. The van der Waals surface area contributed by atoms with Crippen LogP contribution in [0.1, 0.15) is 25.0 Å². The van der Waals surface area contributed by atoms with Crippen LogP contribution >= 0.6 is 0 Å². The van der Waals surface area contributed by atoms with Crippen LogP contribution in [-0.4, -0.2) is 31.4 Å². The predicted molar refractivity (Wildman–Crippen MR) is 72.7 cm³/mol. The summed E-state index contributed by atoms with van der Waals surface area (Å²) in [7, 11) is 1.32. The molecule has 1 aromatic carbocycles. The van der Waals surface area contributed by atoms with Crippen molar-refractivity contribution in [2.45, 2.75) is 20.8 Å². The molecule has 0 radical (unpaired) electrons. The Bertz CT molecular complexity index is 536. The molecule has 0 aromatic heterocycles. The minimum Gasteiger partial charge on any atom is -0.461 e. The van der Waals surface area contributed by atoms with Crippen LogP contribution in [0.4, 0.5) is 0 Å². The minimum absolute atomic E-state index is 0.0382. The van der Waals surface area contributed by atoms with Crippen molar-refractivity contribution in [1.82, 2.24) is 0 Å². The summed E-state index contributed by atoms with van der Waals surface area (Å²) in [5.74, 6) is -0.893. The summed E-state index contributed by atoms with van der Waals surface area (Å²) >= 11 is 0. The molecule has 0 spiro atoms. The van der Waals surface area contributed by atoms with E-state index in [1.165, 1.54) is 14.0 Å². The van der Waals surface area contributed by atoms with Crippen molar-refractivity contribution in [3.8, 4) is 5.75 Å². The third-order valence-electron chi connectivity index (χ3n) is 2.38. The van der Waals surface area contributed by atoms with Crippen LogP contribution in [0.3, 0.4) is 0 Å². The van der Waals surface area contributed by atoms with E-state index in [0.29, 0.717) is 11.1 Å². The number of oxime groups is 1. The largest absolute Gasteiger partial charge is 0.461 e. The van der Waals surface area contributed by atoms with Gasteiger partial charge in [-0.05, 0) is 25.5 Å². The second-order valence-corrected chi connectivity index (χ2v) is 3.88. The Morgan fingerprint density at radius 3 is 2.55 bits per heavy atom. The van der Waals surface area contributed by atoms with Crippen molar-refractivity contribution in [1.29, 1.82) is 0 Å². The number of benzene rings is 1. The second kappa shape index (κ2) is 7.28. The number of hydrogen-bond donors (Lipinski definition) is 0. The molecule has 6 heteroatoms. The summed E-state index contributed by atoms with van der Waals surface area (Å²) in [5, 5.41) is 3.69. The summed E-state index contributed by atoms with van der Waals surface area (Å²) in [6, 6.07) is 5.06. The van der Waals surface area contributed by atoms with E-state index in [1.54, 1.807) is 32.0 Å². The molecule has 0 amide bonds. The van der Waals surface area contributed by atoms with Gasteiger partial charge in [-0.2, -0.15) is 0 Å². The summed E-state index contributed by atoms with van der Waals surface area (Å²) in [6.45, 7) is 4.94. The minimum atomic E-state index is -0.642. The van der Waals surface area contributed by atoms with E-state index < -0.39 is 11.9 Å². The third-order valence-corrected chi connectivity index (χ3v) is 2.38. The van der Waals surface area contributed by atoms with E-state index in [9.17, 15) is 9.59 Å². The Kier molecular flexibility index (Phi) is 5.71. The normalized spacial score (nSPS) is 10.9. The first-order valence-corrected chi connectivity index (χ1v) is 6.07. The Morgan fingerprint density at radius 1 is 1.30 bits per heavy atom. The van der Waals surface area contributed by atoms with Crippen LogP contribution in [0, 0.1) is 6.92 Å². The zero-order chi connectivity index (χ0) is 15.1. The summed E-state index contributed by atoms with van der Waals surface area (Å²) < 4.78 is 10.0. The fraction of sp³-hybridized carbons (Fsp3) is 0.357. The predicted octanol–water partition coefficient (Wildman–Crippen LogP) is 1.83. The van der Waals surface area contributed by atoms with Crippen LogP contribution in [0.5, 0.6) is 5.75 Å². The van der Waals surface area contributed by atoms with E-state index in [0.717, 1.165) is 0 Å². The lowest BCUT2D eigenvalue weighted by molar-refractivity contribution is -0.135. The highest BCUT2D eigenvalue weighted by Gasteiger charge is 2.23. The Hall–Kier alpha value is -2.37. The maximum Gasteiger partial charge on any atom is 0.361 e. The molecule has 1 aromatic rings. The van der Waals surface area contributed by atoms with Crippen molar-refractivity contribution in [2.75, 3.05) is 13.7 Å². The molecule has 20 heavy (non-hydrogen) atoms. The lowest BCUT2D eigenvalue weighted by Crippen LogP contribution is -2.21. The van der Waals surface area contributed by atoms with Gasteiger partial charge in [-0.25, -0.2) is 4.79 Å². The first kappa shape index (κ1) is 15.7. The van der Waals surface area contributed by atoms with Gasteiger partial charge in [-0.15, -0.1) is 0 Å². The topological polar surface area (TPSA) is 74.2 Å². The highest BCUT2D eigenvalue weighted by molar-refractivity contribution is 6.44. The maximum atomic E-state index is 12.0. The molecule has 0 unspecified atom stereocenters. The molecule has 0 atom stereocenters. The van der Waals surface area contributed by atoms with Gasteiger partial charge in [-0.1, -0.05) is 17.3 Å². The molecule has 0 saturated carbocycles. The maximum absolute atomic E-state index is 12.0. The van der Waals surface area contributed by atoms with Gasteiger partial charge < -0.3 is 14.3 Å². The Labute approximate surface area is 117 Å². The molecule has 108 valence electrons. The first-order valence-electron chi connectivity index (χ1n) is 6.07. The summed E-state index contributed by atoms with van der Waals surface area (Å²) in [4.78, 5) is 27.8. The number of carbonyl (C=O) groups excluding carboxylic acids is 2. The van der Waals surface area contributed by atoms with E-state index in [4.69, 9.17) is 9.47 Å². The van der Waals surface area contributed by atoms with Crippen LogP contribution in [0.15, 0.2) is 23.4 Å². The van der Waals surface area contributed by atoms with E-state index in [-0.39, 0.29) is 18.1 Å². The van der Waals surface area contributed by atoms with Crippen LogP contribution < -0.4 is 4.74 Å². The molecule has 0 aliphatic carbocycles. The molecule has 1 rings (SSSR count). The van der Waals surface area contributed by atoms with Gasteiger partial charge in [0.2, 0.25) is 0 Å². The van der Waals surface area contributed by atoms with Crippen molar-refractivity contribution in [3.05, 3.63) is 29.3 Å². The third kappa shape index (κ3) is 3.81. The molecule has 0 N–H and O–H groups in total. The highest BCUT2D eigenvalue weighted by Crippen LogP contribution is 2.24. The number of rotatable bonds is 5. The zero-order valence-corrected chi connectivity index (χ0v) is 11.9. The van der Waals surface area contributed by atoms with Gasteiger partial charge in [0.25, 0.3) is 0 Å². The van der Waals surface area contributed by atoms with E-state index in [2.05, 4.69) is 9.99 Å². The van der Waals surface area contributed by atoms with Gasteiger partial charge in [0.05, 0.1) is 12.2 Å². The molecule has 6 nitrogen and oxygen atoms in total. The number of ether oxygens (including phenoxy) is 2. The smallest absolute Gasteiger partial charge is 0.361 e. The zero-order valence-electron chi connectivity index (χ0n) is 11.9. The molecule has 0 aliphatic heterocycles. The van der Waals surface area contributed by atoms with Crippen LogP contribution in [0.2, 0.25) is 0 Å². The molecule has 0 fully saturated rings. The first-order chi connectivity index (χ1) is 9.51. The Balaban J connectivity index is 3.35. The summed E-state index contributed by atoms with van der Waals surface area (Å²) in [5.41, 5.74) is 1.05. The number of carbonyl (C=O) groups is 2. The number of nitrogens with zero attached hydrogens (tertiary/aromatic N) is 1. The van der Waals surface area contributed by atoms with Crippen molar-refractivity contribution in [2.24, 2.45) is 5.16 Å². The average Bonchev–Trinajstić information content (AvgIpc) is 2.37. The fourth-order valence-electron chi connectivity index (χ4n) is 1.66. The SMILES string of the molecule is CCOC(=O)/C(=N/OC)c1c(C)cccc1OC(C)=O. The number of aryl methyl sites for hydroxylation is 1. The molecule has 0 aliphatic rings. The highest BCUT2D eigenvalue weighted by atomic mass is 16.6.